The molecule has 2 aromatic rings. The molecular weight excluding hydrogens is 414 g/mol. The Morgan fingerprint density at radius 3 is 2.85 bits per heavy atom. The van der Waals surface area contributed by atoms with Crippen LogP contribution in [0.4, 0.5) is 0 Å². The number of amides is 1. The van der Waals surface area contributed by atoms with Crippen molar-refractivity contribution in [2.24, 2.45) is 16.6 Å². The van der Waals surface area contributed by atoms with Crippen molar-refractivity contribution >= 4 is 11.9 Å². The fraction of sp³-hybridized carbons (Fsp3) is 0.462. The molecule has 2 unspecified atom stereocenters. The number of piperidine rings is 1. The summed E-state index contributed by atoms with van der Waals surface area (Å²) in [7, 11) is 0. The summed E-state index contributed by atoms with van der Waals surface area (Å²) in [4.78, 5) is 18.7. The molecule has 1 amide bonds. The Morgan fingerprint density at radius 2 is 2.03 bits per heavy atom. The zero-order valence-corrected chi connectivity index (χ0v) is 19.4. The molecule has 176 valence electrons. The molecule has 1 fully saturated rings. The quantitative estimate of drug-likeness (QED) is 0.425. The van der Waals surface area contributed by atoms with Crippen LogP contribution in [-0.2, 0) is 24.3 Å². The van der Waals surface area contributed by atoms with Crippen molar-refractivity contribution in [3.05, 3.63) is 65.2 Å². The third kappa shape index (κ3) is 6.48. The van der Waals surface area contributed by atoms with E-state index in [0.717, 1.165) is 62.7 Å². The van der Waals surface area contributed by atoms with E-state index in [1.54, 1.807) is 0 Å². The summed E-state index contributed by atoms with van der Waals surface area (Å²) in [6.07, 6.45) is 2.95. The van der Waals surface area contributed by atoms with Gasteiger partial charge in [-0.25, -0.2) is 4.99 Å². The highest BCUT2D eigenvalue weighted by molar-refractivity contribution is 5.79. The van der Waals surface area contributed by atoms with E-state index in [-0.39, 0.29) is 17.9 Å². The maximum absolute atomic E-state index is 11.6. The second-order valence-electron chi connectivity index (χ2n) is 8.92. The van der Waals surface area contributed by atoms with E-state index in [9.17, 15) is 4.79 Å². The van der Waals surface area contributed by atoms with E-state index in [1.165, 1.54) is 11.1 Å². The Balaban J connectivity index is 1.31. The third-order valence-electron chi connectivity index (χ3n) is 6.28. The van der Waals surface area contributed by atoms with Gasteiger partial charge in [0.05, 0.1) is 19.0 Å². The summed E-state index contributed by atoms with van der Waals surface area (Å²) >= 11 is 0. The molecule has 0 aliphatic carbocycles. The Hall–Kier alpha value is -3.06. The number of rotatable bonds is 8. The van der Waals surface area contributed by atoms with Crippen molar-refractivity contribution < 1.29 is 9.53 Å². The van der Waals surface area contributed by atoms with Gasteiger partial charge in [-0.1, -0.05) is 42.5 Å². The highest BCUT2D eigenvalue weighted by Crippen LogP contribution is 2.27. The maximum Gasteiger partial charge on any atom is 0.221 e. The summed E-state index contributed by atoms with van der Waals surface area (Å²) in [5.41, 5.74) is 9.19. The molecular formula is C26H35N5O2. The lowest BCUT2D eigenvalue weighted by Gasteiger charge is -2.31. The van der Waals surface area contributed by atoms with Crippen molar-refractivity contribution in [1.29, 1.82) is 0 Å². The molecule has 7 heteroatoms. The third-order valence-corrected chi connectivity index (χ3v) is 6.28. The number of carbonyl (C=O) groups excluding carboxylic acids is 1. The molecule has 2 aliphatic heterocycles. The molecule has 1 saturated heterocycles. The number of nitrogens with two attached hydrogens (primary N) is 1. The van der Waals surface area contributed by atoms with Gasteiger partial charge in [0, 0.05) is 26.1 Å². The number of likely N-dealkylation sites (tertiary alicyclic amines) is 1. The number of fused-ring (bicyclic) bond motifs is 1. The molecule has 2 heterocycles. The smallest absolute Gasteiger partial charge is 0.221 e. The number of hydrogen-bond acceptors (Lipinski definition) is 4. The predicted octanol–water partition coefficient (Wildman–Crippen LogP) is 2.44. The van der Waals surface area contributed by atoms with Crippen LogP contribution in [0.5, 0.6) is 5.75 Å². The van der Waals surface area contributed by atoms with Crippen LogP contribution in [0.3, 0.4) is 0 Å². The fourth-order valence-electron chi connectivity index (χ4n) is 4.61. The minimum atomic E-state index is -0.182. The van der Waals surface area contributed by atoms with Crippen molar-refractivity contribution in [3.63, 3.8) is 0 Å². The molecule has 2 aliphatic rings. The van der Waals surface area contributed by atoms with Gasteiger partial charge in [-0.2, -0.15) is 0 Å². The molecule has 0 saturated carbocycles. The normalized spacial score (nSPS) is 20.7. The van der Waals surface area contributed by atoms with Crippen molar-refractivity contribution in [3.8, 4) is 5.75 Å². The molecule has 33 heavy (non-hydrogen) atoms. The number of carbonyl (C=O) groups is 1. The van der Waals surface area contributed by atoms with Crippen LogP contribution in [-0.4, -0.2) is 49.0 Å². The Morgan fingerprint density at radius 1 is 1.18 bits per heavy atom. The SMILES string of the molecule is CCNC(=NCc1cccc(CN2CCCC(C(N)=O)C2)c1)NCC1Cc2ccccc2O1. The summed E-state index contributed by atoms with van der Waals surface area (Å²) in [5, 5.41) is 6.75. The number of hydrogen-bond donors (Lipinski definition) is 3. The van der Waals surface area contributed by atoms with E-state index in [2.05, 4.69) is 58.9 Å². The first kappa shape index (κ1) is 23.1. The molecule has 0 radical (unpaired) electrons. The summed E-state index contributed by atoms with van der Waals surface area (Å²) in [5.74, 6) is 1.57. The van der Waals surface area contributed by atoms with Crippen LogP contribution < -0.4 is 21.1 Å². The zero-order valence-electron chi connectivity index (χ0n) is 19.4. The van der Waals surface area contributed by atoms with Crippen LogP contribution >= 0.6 is 0 Å². The van der Waals surface area contributed by atoms with Crippen LogP contribution in [0.15, 0.2) is 53.5 Å². The molecule has 0 bridgehead atoms. The minimum Gasteiger partial charge on any atom is -0.488 e. The van der Waals surface area contributed by atoms with Crippen LogP contribution in [0.2, 0.25) is 0 Å². The van der Waals surface area contributed by atoms with Crippen molar-refractivity contribution in [1.82, 2.24) is 15.5 Å². The van der Waals surface area contributed by atoms with Crippen LogP contribution in [0.1, 0.15) is 36.5 Å². The van der Waals surface area contributed by atoms with Gasteiger partial charge < -0.3 is 21.1 Å². The second-order valence-corrected chi connectivity index (χ2v) is 8.92. The zero-order chi connectivity index (χ0) is 23.0. The average Bonchev–Trinajstić information content (AvgIpc) is 3.24. The molecule has 2 aromatic carbocycles. The van der Waals surface area contributed by atoms with E-state index in [1.807, 2.05) is 12.1 Å². The summed E-state index contributed by atoms with van der Waals surface area (Å²) < 4.78 is 6.03. The number of nitrogens with one attached hydrogen (secondary N) is 2. The number of primary amides is 1. The van der Waals surface area contributed by atoms with Crippen LogP contribution in [0.25, 0.3) is 0 Å². The highest BCUT2D eigenvalue weighted by Gasteiger charge is 2.24. The van der Waals surface area contributed by atoms with E-state index in [0.29, 0.717) is 13.1 Å². The second kappa shape index (κ2) is 11.2. The van der Waals surface area contributed by atoms with Gasteiger partial charge >= 0.3 is 0 Å². The van der Waals surface area contributed by atoms with E-state index in [4.69, 9.17) is 15.5 Å². The topological polar surface area (TPSA) is 92.0 Å². The molecule has 4 N–H and O–H groups in total. The molecule has 7 nitrogen and oxygen atoms in total. The van der Waals surface area contributed by atoms with Gasteiger partial charge in [-0.05, 0) is 49.1 Å². The number of aliphatic imine (C=N–C) groups is 1. The molecule has 2 atom stereocenters. The largest absolute Gasteiger partial charge is 0.488 e. The summed E-state index contributed by atoms with van der Waals surface area (Å²) in [6.45, 7) is 6.76. The maximum atomic E-state index is 11.6. The Labute approximate surface area is 196 Å². The average molecular weight is 450 g/mol. The fourth-order valence-corrected chi connectivity index (χ4v) is 4.61. The lowest BCUT2D eigenvalue weighted by molar-refractivity contribution is -0.123. The standard InChI is InChI=1S/C26H35N5O2/c1-2-28-26(30-16-23-14-21-9-3-4-11-24(21)33-23)29-15-19-7-5-8-20(13-19)17-31-12-6-10-22(18-31)25(27)32/h3-5,7-9,11,13,22-23H,2,6,10,12,14-18H2,1H3,(H2,27,32)(H2,28,29,30). The lowest BCUT2D eigenvalue weighted by Crippen LogP contribution is -2.42. The Kier molecular flexibility index (Phi) is 7.83. The van der Waals surface area contributed by atoms with Crippen molar-refractivity contribution in [2.45, 2.75) is 45.4 Å². The lowest BCUT2D eigenvalue weighted by atomic mass is 9.97. The monoisotopic (exact) mass is 449 g/mol. The minimum absolute atomic E-state index is 0.0306. The molecule has 4 rings (SSSR count). The summed E-state index contributed by atoms with van der Waals surface area (Å²) in [6, 6.07) is 16.8. The van der Waals surface area contributed by atoms with Gasteiger partial charge in [0.15, 0.2) is 5.96 Å². The number of benzene rings is 2. The molecule has 0 spiro atoms. The Bertz CT molecular complexity index is 952. The first-order valence-electron chi connectivity index (χ1n) is 12.0. The number of guanidine groups is 1. The number of nitrogens with zero attached hydrogens (tertiary/aromatic N) is 2. The van der Waals surface area contributed by atoms with Crippen molar-refractivity contribution in [2.75, 3.05) is 26.2 Å². The number of ether oxygens (including phenoxy) is 1. The number of para-hydroxylation sites is 1. The van der Waals surface area contributed by atoms with E-state index < -0.39 is 0 Å². The molecule has 0 aromatic heterocycles. The first-order chi connectivity index (χ1) is 16.1. The van der Waals surface area contributed by atoms with Gasteiger partial charge in [0.1, 0.15) is 11.9 Å². The van der Waals surface area contributed by atoms with Gasteiger partial charge in [0.2, 0.25) is 5.91 Å². The van der Waals surface area contributed by atoms with Gasteiger partial charge in [-0.3, -0.25) is 9.69 Å². The predicted molar refractivity (Wildman–Crippen MR) is 131 cm³/mol. The first-order valence-corrected chi connectivity index (χ1v) is 12.0. The van der Waals surface area contributed by atoms with E-state index >= 15 is 0 Å². The van der Waals surface area contributed by atoms with Gasteiger partial charge in [-0.15, -0.1) is 0 Å². The highest BCUT2D eigenvalue weighted by atomic mass is 16.5. The van der Waals surface area contributed by atoms with Gasteiger partial charge in [0.25, 0.3) is 0 Å². The van der Waals surface area contributed by atoms with Crippen LogP contribution in [0, 0.1) is 5.92 Å².